The third-order valence-corrected chi connectivity index (χ3v) is 20.5. The van der Waals surface area contributed by atoms with Crippen molar-refractivity contribution in [3.05, 3.63) is 136 Å². The topological polar surface area (TPSA) is 124 Å². The number of esters is 1. The minimum absolute atomic E-state index is 0.272. The predicted molar refractivity (Wildman–Crippen MR) is 407 cm³/mol. The molecule has 0 fully saturated rings. The molecule has 0 aromatic heterocycles. The van der Waals surface area contributed by atoms with E-state index in [-0.39, 0.29) is 11.9 Å². The summed E-state index contributed by atoms with van der Waals surface area (Å²) in [5.74, 6) is 3.69. The summed E-state index contributed by atoms with van der Waals surface area (Å²) in [6.45, 7) is 18.3. The number of carbonyl (C=O) groups is 1. The van der Waals surface area contributed by atoms with E-state index in [1.165, 1.54) is 171 Å². The van der Waals surface area contributed by atoms with Crippen molar-refractivity contribution in [3.8, 4) is 0 Å². The molecular formula is C84H121N7O2S. The molecule has 10 heteroatoms. The zero-order valence-electron chi connectivity index (χ0n) is 60.3. The lowest BCUT2D eigenvalue weighted by Crippen LogP contribution is -2.31. The fourth-order valence-electron chi connectivity index (χ4n) is 14.8. The molecule has 8 rings (SSSR count). The van der Waals surface area contributed by atoms with E-state index in [9.17, 15) is 10.2 Å². The number of hydrogen-bond donors (Lipinski definition) is 2. The van der Waals surface area contributed by atoms with Crippen LogP contribution in [0, 0.1) is 5.41 Å². The second-order valence-corrected chi connectivity index (χ2v) is 28.4. The molecule has 4 aromatic carbocycles. The maximum absolute atomic E-state index is 14.9. The summed E-state index contributed by atoms with van der Waals surface area (Å²) in [6.07, 6.45) is 49.4. The number of unbranched alkanes of at least 4 members (excludes halogenated alkanes) is 24. The van der Waals surface area contributed by atoms with E-state index in [0.29, 0.717) is 41.2 Å². The first-order chi connectivity index (χ1) is 46.2. The summed E-state index contributed by atoms with van der Waals surface area (Å²) in [5, 5.41) is 16.5. The van der Waals surface area contributed by atoms with Crippen LogP contribution in [0.3, 0.4) is 0 Å². The van der Waals surface area contributed by atoms with E-state index < -0.39 is 0 Å². The molecule has 0 amide bonds. The molecule has 3 aliphatic heterocycles. The highest BCUT2D eigenvalue weighted by molar-refractivity contribution is 7.98. The third-order valence-electron chi connectivity index (χ3n) is 20.1. The molecule has 0 saturated heterocycles. The molecule has 3 heterocycles. The fourth-order valence-corrected chi connectivity index (χ4v) is 15.1. The first-order valence-corrected chi connectivity index (χ1v) is 39.9. The van der Waals surface area contributed by atoms with Gasteiger partial charge in [-0.15, -0.1) is 11.8 Å². The minimum atomic E-state index is -0.292. The molecule has 0 spiro atoms. The first-order valence-electron chi connectivity index (χ1n) is 38.5. The van der Waals surface area contributed by atoms with Crippen LogP contribution in [0.4, 0.5) is 0 Å². The molecule has 2 N–H and O–H groups in total. The number of hydrogen-bond acceptors (Lipinski definition) is 7. The summed E-state index contributed by atoms with van der Waals surface area (Å²) in [4.78, 5) is 43.6. The SMILES string of the molecule is CCCCCCc1ccc(CCCCCC)c2c1C(=N)N=C2N=C1NC(=NC2=NC(=NC3=c4c(CCCCCC)ccc(CCCCCC)c4=CC3)c3c(CCCCCC)ccc(CCCCCC)c32)c2c(CCCCCC)cc(C(=O)OCSC)c(CCCCCC)c21. The van der Waals surface area contributed by atoms with Crippen LogP contribution in [0.5, 0.6) is 0 Å². The molecule has 9 nitrogen and oxygen atoms in total. The van der Waals surface area contributed by atoms with Crippen LogP contribution >= 0.6 is 11.8 Å². The number of ether oxygens (including phenoxy) is 1. The van der Waals surface area contributed by atoms with Crippen molar-refractivity contribution in [2.45, 2.75) is 319 Å². The number of amidine groups is 6. The number of nitrogens with zero attached hydrogens (tertiary/aromatic N) is 5. The highest BCUT2D eigenvalue weighted by Gasteiger charge is 2.37. The third kappa shape index (κ3) is 19.7. The summed E-state index contributed by atoms with van der Waals surface area (Å²) >= 11 is 1.52. The monoisotopic (exact) mass is 1290 g/mol. The predicted octanol–water partition coefficient (Wildman–Crippen LogP) is 21.2. The van der Waals surface area contributed by atoms with Crippen LogP contribution in [-0.4, -0.2) is 53.2 Å². The normalized spacial score (nSPS) is 15.1. The zero-order valence-corrected chi connectivity index (χ0v) is 61.1. The van der Waals surface area contributed by atoms with Gasteiger partial charge in [0, 0.05) is 45.0 Å². The van der Waals surface area contributed by atoms with Gasteiger partial charge in [-0.25, -0.2) is 29.8 Å². The number of thioether (sulfide) groups is 1. The summed E-state index contributed by atoms with van der Waals surface area (Å²) in [6, 6.07) is 16.5. The van der Waals surface area contributed by atoms with Gasteiger partial charge in [0.1, 0.15) is 17.6 Å². The van der Waals surface area contributed by atoms with Gasteiger partial charge in [0.05, 0.1) is 11.3 Å². The Labute approximate surface area is 573 Å². The van der Waals surface area contributed by atoms with Crippen molar-refractivity contribution in [3.63, 3.8) is 0 Å². The lowest BCUT2D eigenvalue weighted by atomic mass is 9.87. The smallest absolute Gasteiger partial charge is 0.339 e. The second kappa shape index (κ2) is 40.1. The number of fused-ring (bicyclic) bond motifs is 4. The van der Waals surface area contributed by atoms with Crippen molar-refractivity contribution in [1.29, 1.82) is 5.41 Å². The summed E-state index contributed by atoms with van der Waals surface area (Å²) in [5.41, 5.74) is 17.8. The molecule has 510 valence electrons. The highest BCUT2D eigenvalue weighted by Crippen LogP contribution is 2.37. The summed E-state index contributed by atoms with van der Waals surface area (Å²) < 4.78 is 6.15. The number of aryl methyl sites for hydroxylation is 7. The number of carbonyl (C=O) groups excluding carboxylic acids is 1. The Balaban J connectivity index is 1.43. The van der Waals surface area contributed by atoms with Gasteiger partial charge in [0.25, 0.3) is 0 Å². The van der Waals surface area contributed by atoms with E-state index in [0.717, 1.165) is 197 Å². The molecular weight excluding hydrogens is 1170 g/mol. The van der Waals surface area contributed by atoms with Crippen LogP contribution in [0.25, 0.3) is 11.8 Å². The lowest BCUT2D eigenvalue weighted by molar-refractivity contribution is 0.0578. The molecule has 4 aliphatic rings. The van der Waals surface area contributed by atoms with Crippen LogP contribution in [-0.2, 0) is 56.1 Å². The molecule has 4 aromatic rings. The lowest BCUT2D eigenvalue weighted by Gasteiger charge is -2.18. The molecule has 94 heavy (non-hydrogen) atoms. The van der Waals surface area contributed by atoms with Gasteiger partial charge in [0.15, 0.2) is 23.3 Å². The van der Waals surface area contributed by atoms with Crippen LogP contribution < -0.4 is 15.8 Å². The van der Waals surface area contributed by atoms with Gasteiger partial charge in [-0.2, -0.15) is 0 Å². The fraction of sp³-hybridized carbons (Fsp3) is 0.607. The number of benzene rings is 4. The van der Waals surface area contributed by atoms with Gasteiger partial charge in [-0.1, -0.05) is 252 Å². The summed E-state index contributed by atoms with van der Waals surface area (Å²) in [7, 11) is 0. The van der Waals surface area contributed by atoms with Crippen molar-refractivity contribution < 1.29 is 9.53 Å². The van der Waals surface area contributed by atoms with Crippen molar-refractivity contribution in [2.75, 3.05) is 12.2 Å². The molecule has 0 unspecified atom stereocenters. The second-order valence-electron chi connectivity index (χ2n) is 27.6. The number of nitrogens with one attached hydrogen (secondary N) is 2. The van der Waals surface area contributed by atoms with E-state index in [2.05, 4.69) is 109 Å². The van der Waals surface area contributed by atoms with E-state index in [1.54, 1.807) is 0 Å². The first kappa shape index (κ1) is 74.1. The van der Waals surface area contributed by atoms with Crippen LogP contribution in [0.1, 0.15) is 356 Å². The van der Waals surface area contributed by atoms with E-state index in [1.807, 2.05) is 6.26 Å². The molecule has 0 radical (unpaired) electrons. The average Bonchev–Trinajstić information content (AvgIpc) is 1.57. The van der Waals surface area contributed by atoms with E-state index >= 15 is 0 Å². The molecule has 0 atom stereocenters. The van der Waals surface area contributed by atoms with E-state index in [4.69, 9.17) is 29.7 Å². The van der Waals surface area contributed by atoms with Gasteiger partial charge in [0.2, 0.25) is 0 Å². The van der Waals surface area contributed by atoms with Gasteiger partial charge >= 0.3 is 5.97 Å². The Morgan fingerprint density at radius 3 is 1.33 bits per heavy atom. The van der Waals surface area contributed by atoms with Gasteiger partial charge in [-0.05, 0) is 165 Å². The largest absolute Gasteiger partial charge is 0.451 e. The van der Waals surface area contributed by atoms with Crippen molar-refractivity contribution in [1.82, 2.24) is 5.32 Å². The quantitative estimate of drug-likeness (QED) is 0.0260. The van der Waals surface area contributed by atoms with Crippen molar-refractivity contribution >= 4 is 64.5 Å². The zero-order chi connectivity index (χ0) is 66.4. The Kier molecular flexibility index (Phi) is 31.6. The van der Waals surface area contributed by atoms with Crippen LogP contribution in [0.2, 0.25) is 0 Å². The number of aliphatic imine (C=N–C) groups is 5. The maximum Gasteiger partial charge on any atom is 0.339 e. The Morgan fingerprint density at radius 2 is 0.840 bits per heavy atom. The molecule has 0 bridgehead atoms. The van der Waals surface area contributed by atoms with Crippen molar-refractivity contribution in [2.24, 2.45) is 25.0 Å². The van der Waals surface area contributed by atoms with Gasteiger partial charge < -0.3 is 10.1 Å². The Hall–Kier alpha value is -5.74. The molecule has 1 aliphatic carbocycles. The minimum Gasteiger partial charge on any atom is -0.451 e. The van der Waals surface area contributed by atoms with Gasteiger partial charge in [-0.3, -0.25) is 5.41 Å². The standard InChI is InChI=1S/C84H121N7O2S/c1-10-18-26-34-42-60-50-51-61(43-35-27-19-11-2)71-67(60)56-57-70(71)86-79-74-64(46-38-30-22-14-5)54-55-65(47-39-31-23-15-6)75(74)81(88-79)90-82-76-66(48-40-32-24-16-7)58-69(84(92)93-59-94-9)68(49-41-33-25-17-8)77(76)83(91-82)89-80-73-63(45-37-29-21-13-4)53-52-62(44-36-28-20-12-3)72(73)78(85)87-80/h50-56,58H,10-49,57,59H2,1-9H3,(H2,85,86,87,88,89,90,91). The Morgan fingerprint density at radius 1 is 0.447 bits per heavy atom. The van der Waals surface area contributed by atoms with Crippen LogP contribution in [0.15, 0.2) is 67.4 Å². The molecule has 0 saturated carbocycles. The highest BCUT2D eigenvalue weighted by atomic mass is 32.2. The number of rotatable bonds is 44. The maximum atomic E-state index is 14.9. The average molecular weight is 1290 g/mol. The Bertz CT molecular complexity index is 3450.